The van der Waals surface area contributed by atoms with Crippen molar-refractivity contribution in [3.05, 3.63) is 40.0 Å². The number of hydrogen-bond donors (Lipinski definition) is 1. The summed E-state index contributed by atoms with van der Waals surface area (Å²) in [5.41, 5.74) is 6.51. The lowest BCUT2D eigenvalue weighted by molar-refractivity contribution is 0.0774. The quantitative estimate of drug-likeness (QED) is 0.932. The Bertz CT molecular complexity index is 552. The van der Waals surface area contributed by atoms with Gasteiger partial charge in [0.05, 0.1) is 0 Å². The molecule has 0 aliphatic rings. The Balaban J connectivity index is 2.08. The van der Waals surface area contributed by atoms with Gasteiger partial charge in [-0.2, -0.15) is 0 Å². The van der Waals surface area contributed by atoms with Gasteiger partial charge in [-0.05, 0) is 28.0 Å². The Morgan fingerprint density at radius 2 is 2.06 bits per heavy atom. The van der Waals surface area contributed by atoms with Gasteiger partial charge in [0, 0.05) is 18.1 Å². The molecule has 1 heterocycles. The molecule has 0 unspecified atom stereocenters. The number of benzene rings is 1. The van der Waals surface area contributed by atoms with Crippen LogP contribution >= 0.6 is 15.9 Å². The number of halogens is 1. The van der Waals surface area contributed by atoms with E-state index in [9.17, 15) is 4.79 Å². The molecule has 0 radical (unpaired) electrons. The van der Waals surface area contributed by atoms with Gasteiger partial charge >= 0.3 is 0 Å². The van der Waals surface area contributed by atoms with Crippen molar-refractivity contribution >= 4 is 27.7 Å². The maximum absolute atomic E-state index is 12.0. The van der Waals surface area contributed by atoms with E-state index in [0.717, 1.165) is 10.0 Å². The average Bonchev–Trinajstić information content (AvgIpc) is 2.77. The van der Waals surface area contributed by atoms with E-state index in [1.807, 2.05) is 24.3 Å². The molecule has 2 rings (SSSR count). The molecule has 0 saturated heterocycles. The molecule has 94 valence electrons. The van der Waals surface area contributed by atoms with Crippen LogP contribution in [-0.2, 0) is 6.54 Å². The molecule has 2 aromatic rings. The number of nitrogen functional groups attached to an aromatic ring is 1. The third kappa shape index (κ3) is 2.67. The van der Waals surface area contributed by atoms with Gasteiger partial charge < -0.3 is 10.6 Å². The monoisotopic (exact) mass is 310 g/mol. The van der Waals surface area contributed by atoms with Crippen molar-refractivity contribution in [3.8, 4) is 0 Å². The molecule has 7 heteroatoms. The number of rotatable bonds is 3. The first-order chi connectivity index (χ1) is 8.58. The standard InChI is InChI=1S/C11H11BrN4O2/c1-16(6-7-2-4-8(12)5-3-7)11(17)9-10(13)15-18-14-9/h2-5H,6H2,1H3,(H2,13,15). The smallest absolute Gasteiger partial charge is 0.280 e. The predicted octanol–water partition coefficient (Wildman–Crippen LogP) is 1.69. The van der Waals surface area contributed by atoms with Gasteiger partial charge in [0.2, 0.25) is 11.5 Å². The zero-order valence-electron chi connectivity index (χ0n) is 9.63. The average molecular weight is 311 g/mol. The normalized spacial score (nSPS) is 10.3. The third-order valence-electron chi connectivity index (χ3n) is 2.40. The Hall–Kier alpha value is -1.89. The zero-order valence-corrected chi connectivity index (χ0v) is 11.2. The highest BCUT2D eigenvalue weighted by Crippen LogP contribution is 2.13. The number of nitrogens with two attached hydrogens (primary N) is 1. The summed E-state index contributed by atoms with van der Waals surface area (Å²) in [5, 5.41) is 6.86. The third-order valence-corrected chi connectivity index (χ3v) is 2.92. The van der Waals surface area contributed by atoms with E-state index in [4.69, 9.17) is 5.73 Å². The maximum Gasteiger partial charge on any atom is 0.280 e. The van der Waals surface area contributed by atoms with Crippen molar-refractivity contribution in [2.75, 3.05) is 12.8 Å². The second-order valence-corrected chi connectivity index (χ2v) is 4.70. The SMILES string of the molecule is CN(Cc1ccc(Br)cc1)C(=O)c1nonc1N. The topological polar surface area (TPSA) is 85.2 Å². The molecule has 0 saturated carbocycles. The number of carbonyl (C=O) groups excluding carboxylic acids is 1. The molecule has 0 atom stereocenters. The summed E-state index contributed by atoms with van der Waals surface area (Å²) in [4.78, 5) is 13.5. The summed E-state index contributed by atoms with van der Waals surface area (Å²) in [7, 11) is 1.67. The number of aromatic nitrogens is 2. The van der Waals surface area contributed by atoms with Crippen molar-refractivity contribution < 1.29 is 9.42 Å². The minimum atomic E-state index is -0.323. The molecule has 6 nitrogen and oxygen atoms in total. The van der Waals surface area contributed by atoms with Gasteiger partial charge in [0.1, 0.15) is 0 Å². The van der Waals surface area contributed by atoms with Crippen molar-refractivity contribution in [3.63, 3.8) is 0 Å². The van der Waals surface area contributed by atoms with Gasteiger partial charge in [-0.1, -0.05) is 28.1 Å². The van der Waals surface area contributed by atoms with Gasteiger partial charge in [0.25, 0.3) is 5.91 Å². The summed E-state index contributed by atoms with van der Waals surface area (Å²) in [6, 6.07) is 7.69. The van der Waals surface area contributed by atoms with Crippen LogP contribution in [0.25, 0.3) is 0 Å². The van der Waals surface area contributed by atoms with Crippen molar-refractivity contribution in [1.29, 1.82) is 0 Å². The van der Waals surface area contributed by atoms with E-state index in [0.29, 0.717) is 6.54 Å². The van der Waals surface area contributed by atoms with E-state index in [-0.39, 0.29) is 17.4 Å². The Kier molecular flexibility index (Phi) is 3.61. The number of nitrogens with zero attached hydrogens (tertiary/aromatic N) is 3. The maximum atomic E-state index is 12.0. The van der Waals surface area contributed by atoms with Gasteiger partial charge in [0.15, 0.2) is 0 Å². The summed E-state index contributed by atoms with van der Waals surface area (Å²) in [6.07, 6.45) is 0. The molecule has 1 amide bonds. The fourth-order valence-corrected chi connectivity index (χ4v) is 1.72. The highest BCUT2D eigenvalue weighted by molar-refractivity contribution is 9.10. The Morgan fingerprint density at radius 1 is 1.39 bits per heavy atom. The number of amides is 1. The predicted molar refractivity (Wildman–Crippen MR) is 68.6 cm³/mol. The lowest BCUT2D eigenvalue weighted by atomic mass is 10.2. The van der Waals surface area contributed by atoms with Crippen LogP contribution in [0.5, 0.6) is 0 Å². The van der Waals surface area contributed by atoms with Gasteiger partial charge in [-0.25, -0.2) is 4.63 Å². The van der Waals surface area contributed by atoms with Crippen LogP contribution in [0.3, 0.4) is 0 Å². The Morgan fingerprint density at radius 3 is 2.61 bits per heavy atom. The first-order valence-corrected chi connectivity index (χ1v) is 5.95. The molecule has 1 aromatic carbocycles. The lowest BCUT2D eigenvalue weighted by Crippen LogP contribution is -2.27. The van der Waals surface area contributed by atoms with Crippen LogP contribution in [0.4, 0.5) is 5.82 Å². The number of hydrogen-bond acceptors (Lipinski definition) is 5. The molecule has 18 heavy (non-hydrogen) atoms. The summed E-state index contributed by atoms with van der Waals surface area (Å²) in [6.45, 7) is 0.457. The molecule has 1 aromatic heterocycles. The lowest BCUT2D eigenvalue weighted by Gasteiger charge is -2.15. The number of anilines is 1. The first-order valence-electron chi connectivity index (χ1n) is 5.16. The number of carbonyl (C=O) groups is 1. The van der Waals surface area contributed by atoms with Crippen LogP contribution in [0.2, 0.25) is 0 Å². The second-order valence-electron chi connectivity index (χ2n) is 3.79. The first kappa shape index (κ1) is 12.6. The molecular formula is C11H11BrN4O2. The van der Waals surface area contributed by atoms with E-state index in [2.05, 4.69) is 30.9 Å². The molecular weight excluding hydrogens is 300 g/mol. The Labute approximate surface area is 112 Å². The highest BCUT2D eigenvalue weighted by atomic mass is 79.9. The van der Waals surface area contributed by atoms with Crippen LogP contribution in [-0.4, -0.2) is 28.2 Å². The molecule has 0 aliphatic heterocycles. The minimum Gasteiger partial charge on any atom is -0.379 e. The summed E-state index contributed by atoms with van der Waals surface area (Å²) in [5.74, 6) is -0.320. The van der Waals surface area contributed by atoms with Crippen molar-refractivity contribution in [1.82, 2.24) is 15.2 Å². The molecule has 0 bridgehead atoms. The second kappa shape index (κ2) is 5.18. The van der Waals surface area contributed by atoms with E-state index in [1.165, 1.54) is 4.90 Å². The van der Waals surface area contributed by atoms with E-state index >= 15 is 0 Å². The summed E-state index contributed by atoms with van der Waals surface area (Å²) < 4.78 is 5.39. The molecule has 0 fully saturated rings. The van der Waals surface area contributed by atoms with Crippen LogP contribution in [0.1, 0.15) is 16.1 Å². The minimum absolute atomic E-state index is 0.00246. The van der Waals surface area contributed by atoms with Gasteiger partial charge in [-0.3, -0.25) is 4.79 Å². The fraction of sp³-hybridized carbons (Fsp3) is 0.182. The molecule has 0 aliphatic carbocycles. The van der Waals surface area contributed by atoms with Crippen LogP contribution < -0.4 is 5.73 Å². The van der Waals surface area contributed by atoms with Crippen LogP contribution in [0, 0.1) is 0 Å². The summed E-state index contributed by atoms with van der Waals surface area (Å²) >= 11 is 3.35. The van der Waals surface area contributed by atoms with E-state index in [1.54, 1.807) is 7.05 Å². The van der Waals surface area contributed by atoms with E-state index < -0.39 is 0 Å². The largest absolute Gasteiger partial charge is 0.379 e. The van der Waals surface area contributed by atoms with Crippen LogP contribution in [0.15, 0.2) is 33.4 Å². The fourth-order valence-electron chi connectivity index (χ4n) is 1.46. The zero-order chi connectivity index (χ0) is 13.1. The molecule has 2 N–H and O–H groups in total. The molecule has 0 spiro atoms. The van der Waals surface area contributed by atoms with Crippen molar-refractivity contribution in [2.24, 2.45) is 0 Å². The van der Waals surface area contributed by atoms with Crippen molar-refractivity contribution in [2.45, 2.75) is 6.54 Å². The van der Waals surface area contributed by atoms with Gasteiger partial charge in [-0.15, -0.1) is 0 Å². The highest BCUT2D eigenvalue weighted by Gasteiger charge is 2.20.